The number of hydrogen-bond acceptors (Lipinski definition) is 1. The maximum atomic E-state index is 5.82. The Labute approximate surface area is 68.1 Å². The van der Waals surface area contributed by atoms with E-state index in [1.54, 1.807) is 0 Å². The molecule has 0 amide bonds. The molecule has 0 aromatic heterocycles. The molecule has 62 valence electrons. The summed E-state index contributed by atoms with van der Waals surface area (Å²) >= 11 is 0. The van der Waals surface area contributed by atoms with E-state index >= 15 is 0 Å². The lowest BCUT2D eigenvalue weighted by atomic mass is 9.61. The van der Waals surface area contributed by atoms with E-state index in [9.17, 15) is 0 Å². The third-order valence-corrected chi connectivity index (χ3v) is 4.32. The topological polar surface area (TPSA) is 12.5 Å². The lowest BCUT2D eigenvalue weighted by molar-refractivity contribution is 0.109. The lowest BCUT2D eigenvalue weighted by Gasteiger charge is -2.41. The summed E-state index contributed by atoms with van der Waals surface area (Å²) < 4.78 is 5.82. The van der Waals surface area contributed by atoms with Crippen molar-refractivity contribution in [2.24, 2.45) is 17.8 Å². The van der Waals surface area contributed by atoms with Crippen molar-refractivity contribution in [3.63, 3.8) is 0 Å². The van der Waals surface area contributed by atoms with Crippen molar-refractivity contribution in [1.82, 2.24) is 0 Å². The van der Waals surface area contributed by atoms with Crippen LogP contribution in [0.15, 0.2) is 0 Å². The Bertz CT molecular complexity index is 199. The highest BCUT2D eigenvalue weighted by atomic mass is 16.6. The van der Waals surface area contributed by atoms with E-state index in [2.05, 4.69) is 13.8 Å². The van der Waals surface area contributed by atoms with Crippen molar-refractivity contribution in [2.45, 2.75) is 44.8 Å². The third-order valence-electron chi connectivity index (χ3n) is 4.32. The normalized spacial score (nSPS) is 66.0. The number of hydrogen-bond donors (Lipinski definition) is 0. The molecule has 0 aromatic rings. The van der Waals surface area contributed by atoms with Gasteiger partial charge in [-0.2, -0.15) is 0 Å². The van der Waals surface area contributed by atoms with Crippen molar-refractivity contribution in [2.75, 3.05) is 0 Å². The summed E-state index contributed by atoms with van der Waals surface area (Å²) in [5.41, 5.74) is 0.343. The Morgan fingerprint density at radius 2 is 2.18 bits per heavy atom. The molecule has 1 saturated heterocycles. The average Bonchev–Trinajstić information content (AvgIpc) is 2.64. The van der Waals surface area contributed by atoms with Gasteiger partial charge in [0, 0.05) is 0 Å². The van der Waals surface area contributed by atoms with E-state index in [-0.39, 0.29) is 0 Å². The summed E-state index contributed by atoms with van der Waals surface area (Å²) in [4.78, 5) is 0. The van der Waals surface area contributed by atoms with Gasteiger partial charge in [-0.1, -0.05) is 6.92 Å². The summed E-state index contributed by atoms with van der Waals surface area (Å²) in [5, 5.41) is 0. The maximum Gasteiger partial charge on any atom is 0.0951 e. The molecule has 1 aliphatic heterocycles. The van der Waals surface area contributed by atoms with E-state index in [4.69, 9.17) is 4.74 Å². The predicted octanol–water partition coefficient (Wildman–Crippen LogP) is 2.21. The first kappa shape index (κ1) is 6.47. The Morgan fingerprint density at radius 3 is 2.73 bits per heavy atom. The molecule has 1 heteroatoms. The molecule has 1 heterocycles. The van der Waals surface area contributed by atoms with Gasteiger partial charge in [-0.05, 0) is 43.9 Å². The zero-order chi connectivity index (χ0) is 7.64. The number of rotatable bonds is 0. The summed E-state index contributed by atoms with van der Waals surface area (Å²) in [6, 6.07) is 0. The summed E-state index contributed by atoms with van der Waals surface area (Å²) in [6.07, 6.45) is 4.95. The minimum atomic E-state index is 0.343. The van der Waals surface area contributed by atoms with Gasteiger partial charge in [-0.25, -0.2) is 0 Å². The zero-order valence-electron chi connectivity index (χ0n) is 7.34. The molecule has 0 radical (unpaired) electrons. The van der Waals surface area contributed by atoms with Crippen LogP contribution in [0.5, 0.6) is 0 Å². The van der Waals surface area contributed by atoms with Gasteiger partial charge >= 0.3 is 0 Å². The highest BCUT2D eigenvalue weighted by Gasteiger charge is 2.66. The van der Waals surface area contributed by atoms with E-state index in [0.29, 0.717) is 11.7 Å². The fraction of sp³-hybridized carbons (Fsp3) is 1.00. The fourth-order valence-corrected chi connectivity index (χ4v) is 3.47. The summed E-state index contributed by atoms with van der Waals surface area (Å²) in [5.74, 6) is 2.74. The summed E-state index contributed by atoms with van der Waals surface area (Å²) in [7, 11) is 0. The highest BCUT2D eigenvalue weighted by Crippen LogP contribution is 2.62. The Hall–Kier alpha value is -0.0400. The lowest BCUT2D eigenvalue weighted by Crippen LogP contribution is -2.42. The number of fused-ring (bicyclic) bond motifs is 2. The molecule has 0 spiro atoms. The van der Waals surface area contributed by atoms with Crippen LogP contribution >= 0.6 is 0 Å². The second kappa shape index (κ2) is 1.66. The molecule has 11 heavy (non-hydrogen) atoms. The molecule has 2 bridgehead atoms. The molecule has 0 aromatic carbocycles. The van der Waals surface area contributed by atoms with Crippen LogP contribution in [0.25, 0.3) is 0 Å². The molecule has 1 nitrogen and oxygen atoms in total. The van der Waals surface area contributed by atoms with Crippen molar-refractivity contribution in [3.8, 4) is 0 Å². The van der Waals surface area contributed by atoms with Crippen LogP contribution in [0, 0.1) is 17.8 Å². The van der Waals surface area contributed by atoms with E-state index < -0.39 is 0 Å². The van der Waals surface area contributed by atoms with Gasteiger partial charge in [0.05, 0.1) is 11.7 Å². The van der Waals surface area contributed by atoms with Gasteiger partial charge in [0.25, 0.3) is 0 Å². The first-order valence-corrected chi connectivity index (χ1v) is 4.89. The van der Waals surface area contributed by atoms with E-state index in [1.807, 2.05) is 0 Å². The van der Waals surface area contributed by atoms with Crippen molar-refractivity contribution in [1.29, 1.82) is 0 Å². The van der Waals surface area contributed by atoms with Crippen molar-refractivity contribution < 1.29 is 4.74 Å². The molecular weight excluding hydrogens is 136 g/mol. The number of ether oxygens (including phenoxy) is 1. The van der Waals surface area contributed by atoms with Crippen LogP contribution in [0.3, 0.4) is 0 Å². The minimum Gasteiger partial charge on any atom is -0.366 e. The third kappa shape index (κ3) is 0.618. The Balaban J connectivity index is 1.96. The second-order valence-corrected chi connectivity index (χ2v) is 4.87. The minimum absolute atomic E-state index is 0.343. The average molecular weight is 152 g/mol. The van der Waals surface area contributed by atoms with Gasteiger partial charge in [0.15, 0.2) is 0 Å². The standard InChI is InChI=1S/C10H16O/c1-6-5-7-3-4-8(6)9-10(7,2)11-9/h6-9H,3-5H2,1-2H3. The van der Waals surface area contributed by atoms with Crippen LogP contribution in [0.4, 0.5) is 0 Å². The number of epoxide rings is 1. The SMILES string of the molecule is CC1CC2CCC1C1OC21C. The van der Waals surface area contributed by atoms with Crippen LogP contribution in [-0.4, -0.2) is 11.7 Å². The Morgan fingerprint density at radius 1 is 1.36 bits per heavy atom. The highest BCUT2D eigenvalue weighted by molar-refractivity contribution is 5.14. The van der Waals surface area contributed by atoms with Crippen LogP contribution in [0.1, 0.15) is 33.1 Å². The van der Waals surface area contributed by atoms with Gasteiger partial charge in [-0.15, -0.1) is 0 Å². The van der Waals surface area contributed by atoms with Gasteiger partial charge in [0.2, 0.25) is 0 Å². The maximum absolute atomic E-state index is 5.82. The van der Waals surface area contributed by atoms with Crippen LogP contribution in [0.2, 0.25) is 0 Å². The zero-order valence-corrected chi connectivity index (χ0v) is 7.34. The second-order valence-electron chi connectivity index (χ2n) is 4.87. The van der Waals surface area contributed by atoms with Crippen LogP contribution in [-0.2, 0) is 4.74 Å². The first-order chi connectivity index (χ1) is 5.22. The molecule has 0 N–H and O–H groups in total. The molecule has 5 unspecified atom stereocenters. The largest absolute Gasteiger partial charge is 0.366 e. The molecule has 3 saturated carbocycles. The summed E-state index contributed by atoms with van der Waals surface area (Å²) in [6.45, 7) is 4.72. The van der Waals surface area contributed by atoms with Crippen molar-refractivity contribution in [3.05, 3.63) is 0 Å². The van der Waals surface area contributed by atoms with E-state index in [1.165, 1.54) is 19.3 Å². The van der Waals surface area contributed by atoms with Crippen molar-refractivity contribution >= 4 is 0 Å². The fourth-order valence-electron chi connectivity index (χ4n) is 3.47. The Kier molecular flexibility index (Phi) is 0.976. The van der Waals surface area contributed by atoms with E-state index in [0.717, 1.165) is 17.8 Å². The molecular formula is C10H16O. The molecule has 3 aliphatic carbocycles. The molecule has 4 aliphatic rings. The molecule has 4 fully saturated rings. The predicted molar refractivity (Wildman–Crippen MR) is 43.3 cm³/mol. The monoisotopic (exact) mass is 152 g/mol. The van der Waals surface area contributed by atoms with Crippen LogP contribution < -0.4 is 0 Å². The van der Waals surface area contributed by atoms with Gasteiger partial charge < -0.3 is 4.74 Å². The first-order valence-electron chi connectivity index (χ1n) is 4.89. The van der Waals surface area contributed by atoms with Gasteiger partial charge in [0.1, 0.15) is 0 Å². The molecule has 4 rings (SSSR count). The molecule has 5 atom stereocenters. The quantitative estimate of drug-likeness (QED) is 0.485. The van der Waals surface area contributed by atoms with Gasteiger partial charge in [-0.3, -0.25) is 0 Å². The smallest absolute Gasteiger partial charge is 0.0951 e.